The molecule has 1 aliphatic rings. The van der Waals surface area contributed by atoms with Gasteiger partial charge < -0.3 is 14.8 Å². The number of nitrogens with one attached hydrogen (secondary N) is 1. The average molecular weight is 305 g/mol. The molecule has 1 unspecified atom stereocenters. The lowest BCUT2D eigenvalue weighted by Gasteiger charge is -2.30. The van der Waals surface area contributed by atoms with E-state index < -0.39 is 5.41 Å². The van der Waals surface area contributed by atoms with Crippen molar-refractivity contribution in [3.63, 3.8) is 0 Å². The van der Waals surface area contributed by atoms with E-state index in [2.05, 4.69) is 5.32 Å². The number of hydrogen-bond acceptors (Lipinski definition) is 4. The first-order valence-corrected chi connectivity index (χ1v) is 7.71. The van der Waals surface area contributed by atoms with Gasteiger partial charge in [-0.25, -0.2) is 0 Å². The van der Waals surface area contributed by atoms with Crippen molar-refractivity contribution in [2.75, 3.05) is 20.3 Å². The zero-order valence-corrected chi connectivity index (χ0v) is 13.2. The second-order valence-corrected chi connectivity index (χ2v) is 5.51. The lowest BCUT2D eigenvalue weighted by molar-refractivity contribution is -0.147. The lowest BCUT2D eigenvalue weighted by atomic mass is 9.73. The van der Waals surface area contributed by atoms with Crippen LogP contribution in [0, 0.1) is 0 Å². The number of hydrogen-bond donors (Lipinski definition) is 1. The number of amides is 1. The monoisotopic (exact) mass is 305 g/mol. The Morgan fingerprint density at radius 2 is 2.18 bits per heavy atom. The van der Waals surface area contributed by atoms with Gasteiger partial charge in [0.1, 0.15) is 5.75 Å². The fraction of sp³-hybridized carbons (Fsp3) is 0.529. The van der Waals surface area contributed by atoms with Gasteiger partial charge in [-0.3, -0.25) is 9.59 Å². The van der Waals surface area contributed by atoms with Gasteiger partial charge in [-0.1, -0.05) is 18.6 Å². The zero-order valence-electron chi connectivity index (χ0n) is 13.2. The van der Waals surface area contributed by atoms with Crippen LogP contribution in [-0.4, -0.2) is 32.1 Å². The van der Waals surface area contributed by atoms with Crippen molar-refractivity contribution >= 4 is 11.9 Å². The van der Waals surface area contributed by atoms with Crippen molar-refractivity contribution in [2.24, 2.45) is 0 Å². The fourth-order valence-corrected chi connectivity index (χ4v) is 2.96. The molecule has 120 valence electrons. The average Bonchev–Trinajstić information content (AvgIpc) is 2.71. The van der Waals surface area contributed by atoms with Crippen LogP contribution >= 0.6 is 0 Å². The van der Waals surface area contributed by atoms with E-state index in [4.69, 9.17) is 9.47 Å². The number of methoxy groups -OCH3 is 1. The Bertz CT molecular complexity index is 543. The quantitative estimate of drug-likeness (QED) is 0.847. The fourth-order valence-electron chi connectivity index (χ4n) is 2.96. The van der Waals surface area contributed by atoms with E-state index in [0.29, 0.717) is 25.3 Å². The molecule has 1 aromatic carbocycles. The molecule has 0 spiro atoms. The van der Waals surface area contributed by atoms with Crippen molar-refractivity contribution in [2.45, 2.75) is 38.0 Å². The van der Waals surface area contributed by atoms with Gasteiger partial charge in [0.2, 0.25) is 5.91 Å². The SMILES string of the molecule is CCOC(=O)CC1(c2cccc(OC)c2)CCCCNC1=O. The molecule has 1 fully saturated rings. The van der Waals surface area contributed by atoms with Crippen LogP contribution in [0.2, 0.25) is 0 Å². The smallest absolute Gasteiger partial charge is 0.307 e. The standard InChI is InChI=1S/C17H23NO4/c1-3-22-15(19)12-17(9-4-5-10-18-16(17)20)13-7-6-8-14(11-13)21-2/h6-8,11H,3-5,9-10,12H2,1-2H3,(H,18,20). The Morgan fingerprint density at radius 3 is 2.91 bits per heavy atom. The normalized spacial score (nSPS) is 21.6. The molecule has 0 radical (unpaired) electrons. The largest absolute Gasteiger partial charge is 0.497 e. The van der Waals surface area contributed by atoms with Crippen LogP contribution in [0.4, 0.5) is 0 Å². The summed E-state index contributed by atoms with van der Waals surface area (Å²) in [6.45, 7) is 2.73. The third kappa shape index (κ3) is 3.40. The highest BCUT2D eigenvalue weighted by Crippen LogP contribution is 2.37. The summed E-state index contributed by atoms with van der Waals surface area (Å²) in [6, 6.07) is 7.40. The maximum atomic E-state index is 12.7. The van der Waals surface area contributed by atoms with E-state index in [-0.39, 0.29) is 18.3 Å². The van der Waals surface area contributed by atoms with E-state index in [0.717, 1.165) is 18.4 Å². The second kappa shape index (κ2) is 7.29. The second-order valence-electron chi connectivity index (χ2n) is 5.51. The number of rotatable bonds is 5. The molecule has 0 saturated carbocycles. The Hall–Kier alpha value is -2.04. The molecule has 5 heteroatoms. The molecule has 1 aliphatic heterocycles. The van der Waals surface area contributed by atoms with Gasteiger partial charge in [0.25, 0.3) is 0 Å². The lowest BCUT2D eigenvalue weighted by Crippen LogP contribution is -2.44. The molecule has 1 amide bonds. The topological polar surface area (TPSA) is 64.6 Å². The van der Waals surface area contributed by atoms with Crippen LogP contribution < -0.4 is 10.1 Å². The maximum absolute atomic E-state index is 12.7. The summed E-state index contributed by atoms with van der Waals surface area (Å²) in [4.78, 5) is 24.8. The summed E-state index contributed by atoms with van der Waals surface area (Å²) >= 11 is 0. The van der Waals surface area contributed by atoms with Crippen molar-refractivity contribution in [1.82, 2.24) is 5.32 Å². The van der Waals surface area contributed by atoms with Crippen molar-refractivity contribution in [1.29, 1.82) is 0 Å². The Morgan fingerprint density at radius 1 is 1.36 bits per heavy atom. The number of carbonyl (C=O) groups is 2. The summed E-state index contributed by atoms with van der Waals surface area (Å²) in [5, 5.41) is 2.93. The molecule has 22 heavy (non-hydrogen) atoms. The third-order valence-electron chi connectivity index (χ3n) is 4.12. The minimum absolute atomic E-state index is 0.0554. The van der Waals surface area contributed by atoms with Crippen LogP contribution in [0.1, 0.15) is 38.2 Å². The van der Waals surface area contributed by atoms with Crippen molar-refractivity contribution in [3.05, 3.63) is 29.8 Å². The van der Waals surface area contributed by atoms with E-state index in [1.807, 2.05) is 24.3 Å². The third-order valence-corrected chi connectivity index (χ3v) is 4.12. The Balaban J connectivity index is 2.42. The molecule has 0 aliphatic carbocycles. The number of ether oxygens (including phenoxy) is 2. The highest BCUT2D eigenvalue weighted by Gasteiger charge is 2.43. The summed E-state index contributed by atoms with van der Waals surface area (Å²) in [6.07, 6.45) is 2.49. The molecule has 1 saturated heterocycles. The minimum Gasteiger partial charge on any atom is -0.497 e. The van der Waals surface area contributed by atoms with Gasteiger partial charge in [-0.05, 0) is 37.5 Å². The van der Waals surface area contributed by atoms with E-state index >= 15 is 0 Å². The molecular weight excluding hydrogens is 282 g/mol. The van der Waals surface area contributed by atoms with Crippen molar-refractivity contribution < 1.29 is 19.1 Å². The van der Waals surface area contributed by atoms with Crippen molar-refractivity contribution in [3.8, 4) is 5.75 Å². The molecular formula is C17H23NO4. The first kappa shape index (κ1) is 16.3. The molecule has 1 aromatic rings. The molecule has 0 bridgehead atoms. The first-order valence-electron chi connectivity index (χ1n) is 7.71. The van der Waals surface area contributed by atoms with Gasteiger partial charge in [0.05, 0.1) is 25.6 Å². The first-order chi connectivity index (χ1) is 10.6. The van der Waals surface area contributed by atoms with Gasteiger partial charge in [-0.15, -0.1) is 0 Å². The maximum Gasteiger partial charge on any atom is 0.307 e. The van der Waals surface area contributed by atoms with Gasteiger partial charge >= 0.3 is 5.97 Å². The number of carbonyl (C=O) groups excluding carboxylic acids is 2. The van der Waals surface area contributed by atoms with Gasteiger partial charge in [0.15, 0.2) is 0 Å². The summed E-state index contributed by atoms with van der Waals surface area (Å²) < 4.78 is 10.3. The van der Waals surface area contributed by atoms with Gasteiger partial charge in [0, 0.05) is 6.54 Å². The molecule has 1 heterocycles. The summed E-state index contributed by atoms with van der Waals surface area (Å²) in [7, 11) is 1.59. The van der Waals surface area contributed by atoms with Crippen LogP contribution in [0.25, 0.3) is 0 Å². The van der Waals surface area contributed by atoms with E-state index in [1.54, 1.807) is 14.0 Å². The summed E-state index contributed by atoms with van der Waals surface area (Å²) in [5.74, 6) is 0.228. The van der Waals surface area contributed by atoms with Crippen LogP contribution in [-0.2, 0) is 19.7 Å². The van der Waals surface area contributed by atoms with E-state index in [1.165, 1.54) is 0 Å². The molecule has 0 aromatic heterocycles. The Kier molecular flexibility index (Phi) is 5.41. The van der Waals surface area contributed by atoms with Gasteiger partial charge in [-0.2, -0.15) is 0 Å². The van der Waals surface area contributed by atoms with E-state index in [9.17, 15) is 9.59 Å². The molecule has 1 atom stereocenters. The molecule has 2 rings (SSSR count). The predicted molar refractivity (Wildman–Crippen MR) is 82.8 cm³/mol. The zero-order chi connectivity index (χ0) is 16.0. The van der Waals surface area contributed by atoms with Crippen LogP contribution in [0.3, 0.4) is 0 Å². The predicted octanol–water partition coefficient (Wildman–Crippen LogP) is 2.19. The minimum atomic E-state index is -0.878. The highest BCUT2D eigenvalue weighted by molar-refractivity contribution is 5.92. The highest BCUT2D eigenvalue weighted by atomic mass is 16.5. The molecule has 1 N–H and O–H groups in total. The molecule has 5 nitrogen and oxygen atoms in total. The van der Waals surface area contributed by atoms with Crippen LogP contribution in [0.5, 0.6) is 5.75 Å². The van der Waals surface area contributed by atoms with Crippen LogP contribution in [0.15, 0.2) is 24.3 Å². The summed E-state index contributed by atoms with van der Waals surface area (Å²) in [5.41, 5.74) is -0.0728. The Labute approximate surface area is 131 Å². The number of esters is 1. The number of benzene rings is 1.